The summed E-state index contributed by atoms with van der Waals surface area (Å²) in [6.45, 7) is 1.97. The Labute approximate surface area is 124 Å². The van der Waals surface area contributed by atoms with Crippen LogP contribution in [-0.4, -0.2) is 17.9 Å². The Kier molecular flexibility index (Phi) is 4.30. The maximum atomic E-state index is 12.4. The van der Waals surface area contributed by atoms with Crippen LogP contribution in [-0.2, 0) is 0 Å². The van der Waals surface area contributed by atoms with Gasteiger partial charge in [0, 0.05) is 23.3 Å². The lowest BCUT2D eigenvalue weighted by atomic mass is 10.1. The van der Waals surface area contributed by atoms with Gasteiger partial charge >= 0.3 is 0 Å². The van der Waals surface area contributed by atoms with Gasteiger partial charge in [0.15, 0.2) is 0 Å². The molecule has 1 unspecified atom stereocenters. The van der Waals surface area contributed by atoms with E-state index in [4.69, 9.17) is 17.3 Å². The number of nitrogens with two attached hydrogens (primary N) is 1. The van der Waals surface area contributed by atoms with Gasteiger partial charge in [-0.2, -0.15) is 0 Å². The predicted octanol–water partition coefficient (Wildman–Crippen LogP) is 3.76. The standard InChI is InChI=1S/C16H17ClN2O/c1-11(12-5-3-7-14(17)9-12)19(2)16(20)13-6-4-8-15(18)10-13/h3-11H,18H2,1-2H3. The second-order valence-electron chi connectivity index (χ2n) is 4.77. The Morgan fingerprint density at radius 3 is 2.55 bits per heavy atom. The average Bonchev–Trinajstić information content (AvgIpc) is 2.45. The van der Waals surface area contributed by atoms with Crippen LogP contribution >= 0.6 is 11.6 Å². The molecule has 1 atom stereocenters. The van der Waals surface area contributed by atoms with Crippen LogP contribution in [0.5, 0.6) is 0 Å². The van der Waals surface area contributed by atoms with Crippen molar-refractivity contribution in [2.75, 3.05) is 12.8 Å². The third kappa shape index (κ3) is 3.11. The van der Waals surface area contributed by atoms with E-state index in [1.54, 1.807) is 36.2 Å². The van der Waals surface area contributed by atoms with Gasteiger partial charge in [0.05, 0.1) is 6.04 Å². The highest BCUT2D eigenvalue weighted by Crippen LogP contribution is 2.23. The molecule has 3 nitrogen and oxygen atoms in total. The Bertz CT molecular complexity index is 627. The van der Waals surface area contributed by atoms with Crippen LogP contribution in [0.1, 0.15) is 28.9 Å². The number of carbonyl (C=O) groups excluding carboxylic acids is 1. The molecule has 0 saturated carbocycles. The minimum absolute atomic E-state index is 0.0650. The molecule has 4 heteroatoms. The van der Waals surface area contributed by atoms with Crippen LogP contribution < -0.4 is 5.73 Å². The number of nitrogen functional groups attached to an aromatic ring is 1. The molecule has 20 heavy (non-hydrogen) atoms. The van der Waals surface area contributed by atoms with Gasteiger partial charge in [-0.3, -0.25) is 4.79 Å². The lowest BCUT2D eigenvalue weighted by Crippen LogP contribution is -2.29. The molecule has 2 N–H and O–H groups in total. The Morgan fingerprint density at radius 1 is 1.20 bits per heavy atom. The van der Waals surface area contributed by atoms with E-state index >= 15 is 0 Å². The van der Waals surface area contributed by atoms with Crippen LogP contribution in [0.15, 0.2) is 48.5 Å². The first-order valence-electron chi connectivity index (χ1n) is 6.37. The fraction of sp³-hybridized carbons (Fsp3) is 0.188. The van der Waals surface area contributed by atoms with Crippen molar-refractivity contribution < 1.29 is 4.79 Å². The van der Waals surface area contributed by atoms with Crippen molar-refractivity contribution in [3.63, 3.8) is 0 Å². The Morgan fingerprint density at radius 2 is 1.90 bits per heavy atom. The molecule has 1 amide bonds. The predicted molar refractivity (Wildman–Crippen MR) is 82.8 cm³/mol. The van der Waals surface area contributed by atoms with Crippen molar-refractivity contribution in [3.8, 4) is 0 Å². The number of hydrogen-bond acceptors (Lipinski definition) is 2. The molecule has 104 valence electrons. The molecule has 0 heterocycles. The van der Waals surface area contributed by atoms with E-state index in [0.29, 0.717) is 16.3 Å². The molecule has 2 rings (SSSR count). The van der Waals surface area contributed by atoms with Gasteiger partial charge in [-0.25, -0.2) is 0 Å². The SMILES string of the molecule is CC(c1cccc(Cl)c1)N(C)C(=O)c1cccc(N)c1. The number of halogens is 1. The Balaban J connectivity index is 2.22. The summed E-state index contributed by atoms with van der Waals surface area (Å²) in [6, 6.07) is 14.4. The van der Waals surface area contributed by atoms with Crippen molar-refractivity contribution >= 4 is 23.2 Å². The molecular weight excluding hydrogens is 272 g/mol. The number of rotatable bonds is 3. The summed E-state index contributed by atoms with van der Waals surface area (Å²) >= 11 is 5.99. The van der Waals surface area contributed by atoms with Gasteiger partial charge in [0.2, 0.25) is 0 Å². The van der Waals surface area contributed by atoms with Crippen LogP contribution in [0.4, 0.5) is 5.69 Å². The molecule has 0 fully saturated rings. The van der Waals surface area contributed by atoms with E-state index < -0.39 is 0 Å². The number of benzene rings is 2. The molecule has 0 aliphatic carbocycles. The van der Waals surface area contributed by atoms with Gasteiger partial charge in [-0.15, -0.1) is 0 Å². The molecule has 0 bridgehead atoms. The summed E-state index contributed by atoms with van der Waals surface area (Å²) < 4.78 is 0. The topological polar surface area (TPSA) is 46.3 Å². The summed E-state index contributed by atoms with van der Waals surface area (Å²) in [5, 5.41) is 0.666. The van der Waals surface area contributed by atoms with E-state index in [-0.39, 0.29) is 11.9 Å². The van der Waals surface area contributed by atoms with E-state index in [9.17, 15) is 4.79 Å². The normalized spacial score (nSPS) is 11.9. The molecule has 0 aliphatic rings. The highest BCUT2D eigenvalue weighted by molar-refractivity contribution is 6.30. The molecule has 0 aromatic heterocycles. The molecule has 0 radical (unpaired) electrons. The zero-order chi connectivity index (χ0) is 14.7. The van der Waals surface area contributed by atoms with Crippen LogP contribution in [0.3, 0.4) is 0 Å². The highest BCUT2D eigenvalue weighted by atomic mass is 35.5. The second kappa shape index (κ2) is 5.97. The summed E-state index contributed by atoms with van der Waals surface area (Å²) in [4.78, 5) is 14.1. The maximum Gasteiger partial charge on any atom is 0.254 e. The first kappa shape index (κ1) is 14.4. The minimum Gasteiger partial charge on any atom is -0.399 e. The minimum atomic E-state index is -0.0670. The van der Waals surface area contributed by atoms with Gasteiger partial charge in [0.25, 0.3) is 5.91 Å². The van der Waals surface area contributed by atoms with E-state index in [1.165, 1.54) is 0 Å². The van der Waals surface area contributed by atoms with Crippen LogP contribution in [0, 0.1) is 0 Å². The first-order valence-corrected chi connectivity index (χ1v) is 6.75. The number of nitrogens with zero attached hydrogens (tertiary/aromatic N) is 1. The summed E-state index contributed by atoms with van der Waals surface area (Å²) in [5.41, 5.74) is 7.88. The average molecular weight is 289 g/mol. The summed E-state index contributed by atoms with van der Waals surface area (Å²) in [7, 11) is 1.77. The number of hydrogen-bond donors (Lipinski definition) is 1. The zero-order valence-corrected chi connectivity index (χ0v) is 12.3. The fourth-order valence-corrected chi connectivity index (χ4v) is 2.24. The fourth-order valence-electron chi connectivity index (χ4n) is 2.04. The molecule has 2 aromatic rings. The smallest absolute Gasteiger partial charge is 0.254 e. The maximum absolute atomic E-state index is 12.4. The van der Waals surface area contributed by atoms with Crippen molar-refractivity contribution in [2.45, 2.75) is 13.0 Å². The lowest BCUT2D eigenvalue weighted by Gasteiger charge is -2.25. The third-order valence-electron chi connectivity index (χ3n) is 3.37. The summed E-state index contributed by atoms with van der Waals surface area (Å²) in [6.07, 6.45) is 0. The first-order chi connectivity index (χ1) is 9.49. The number of amides is 1. The number of anilines is 1. The van der Waals surface area contributed by atoms with Crippen molar-refractivity contribution in [2.24, 2.45) is 0 Å². The van der Waals surface area contributed by atoms with E-state index in [0.717, 1.165) is 5.56 Å². The largest absolute Gasteiger partial charge is 0.399 e. The van der Waals surface area contributed by atoms with Crippen LogP contribution in [0.2, 0.25) is 5.02 Å². The lowest BCUT2D eigenvalue weighted by molar-refractivity contribution is 0.0742. The zero-order valence-electron chi connectivity index (χ0n) is 11.5. The van der Waals surface area contributed by atoms with Gasteiger partial charge in [-0.05, 0) is 42.8 Å². The second-order valence-corrected chi connectivity index (χ2v) is 5.21. The van der Waals surface area contributed by atoms with E-state index in [1.807, 2.05) is 31.2 Å². The van der Waals surface area contributed by atoms with Crippen molar-refractivity contribution in [3.05, 3.63) is 64.7 Å². The molecule has 2 aromatic carbocycles. The monoisotopic (exact) mass is 288 g/mol. The Hall–Kier alpha value is -2.00. The summed E-state index contributed by atoms with van der Waals surface area (Å²) in [5.74, 6) is -0.0650. The third-order valence-corrected chi connectivity index (χ3v) is 3.60. The van der Waals surface area contributed by atoms with Gasteiger partial charge in [0.1, 0.15) is 0 Å². The van der Waals surface area contributed by atoms with Crippen LogP contribution in [0.25, 0.3) is 0 Å². The van der Waals surface area contributed by atoms with Gasteiger partial charge < -0.3 is 10.6 Å². The molecular formula is C16H17ClN2O. The van der Waals surface area contributed by atoms with E-state index in [2.05, 4.69) is 0 Å². The van der Waals surface area contributed by atoms with Gasteiger partial charge in [-0.1, -0.05) is 29.8 Å². The van der Waals surface area contributed by atoms with Crippen molar-refractivity contribution in [1.82, 2.24) is 4.90 Å². The quantitative estimate of drug-likeness (QED) is 0.874. The highest BCUT2D eigenvalue weighted by Gasteiger charge is 2.19. The molecule has 0 spiro atoms. The molecule has 0 saturated heterocycles. The number of carbonyl (C=O) groups is 1. The van der Waals surface area contributed by atoms with Crippen molar-refractivity contribution in [1.29, 1.82) is 0 Å². The molecule has 0 aliphatic heterocycles.